The smallest absolute Gasteiger partial charge is 0.142 e. The summed E-state index contributed by atoms with van der Waals surface area (Å²) in [6.07, 6.45) is 0.813. The molecule has 0 saturated carbocycles. The SMILES string of the molecule is CNCc1cccc(Cl)c1OCCC(C)(C)OC. The number of methoxy groups -OCH3 is 1. The number of halogens is 1. The molecule has 0 bridgehead atoms. The fraction of sp³-hybridized carbons (Fsp3) is 0.571. The van der Waals surface area contributed by atoms with E-state index in [0.717, 1.165) is 24.3 Å². The summed E-state index contributed by atoms with van der Waals surface area (Å²) >= 11 is 6.16. The van der Waals surface area contributed by atoms with Gasteiger partial charge in [-0.3, -0.25) is 0 Å². The lowest BCUT2D eigenvalue weighted by Crippen LogP contribution is -2.25. The molecule has 0 unspecified atom stereocenters. The summed E-state index contributed by atoms with van der Waals surface area (Å²) in [6.45, 7) is 5.40. The van der Waals surface area contributed by atoms with E-state index in [9.17, 15) is 0 Å². The minimum atomic E-state index is -0.176. The Balaban J connectivity index is 2.66. The summed E-state index contributed by atoms with van der Waals surface area (Å²) < 4.78 is 11.2. The van der Waals surface area contributed by atoms with Crippen molar-refractivity contribution in [1.82, 2.24) is 5.32 Å². The minimum absolute atomic E-state index is 0.176. The lowest BCUT2D eigenvalue weighted by atomic mass is 10.1. The van der Waals surface area contributed by atoms with E-state index in [1.54, 1.807) is 7.11 Å². The van der Waals surface area contributed by atoms with E-state index in [4.69, 9.17) is 21.1 Å². The van der Waals surface area contributed by atoms with E-state index < -0.39 is 0 Å². The van der Waals surface area contributed by atoms with Gasteiger partial charge in [0.2, 0.25) is 0 Å². The van der Waals surface area contributed by atoms with Crippen LogP contribution in [0, 0.1) is 0 Å². The van der Waals surface area contributed by atoms with Crippen molar-refractivity contribution in [3.05, 3.63) is 28.8 Å². The van der Waals surface area contributed by atoms with Crippen molar-refractivity contribution in [1.29, 1.82) is 0 Å². The second-order valence-corrected chi connectivity index (χ2v) is 5.23. The Hall–Kier alpha value is -0.770. The summed E-state index contributed by atoms with van der Waals surface area (Å²) in [5.74, 6) is 0.764. The van der Waals surface area contributed by atoms with Gasteiger partial charge in [-0.2, -0.15) is 0 Å². The Morgan fingerprint density at radius 2 is 2.06 bits per heavy atom. The van der Waals surface area contributed by atoms with Gasteiger partial charge in [-0.05, 0) is 27.0 Å². The molecule has 0 fully saturated rings. The van der Waals surface area contributed by atoms with Crippen molar-refractivity contribution in [2.45, 2.75) is 32.4 Å². The Labute approximate surface area is 114 Å². The fourth-order valence-corrected chi connectivity index (χ4v) is 1.79. The zero-order valence-electron chi connectivity index (χ0n) is 11.5. The molecule has 0 aromatic heterocycles. The van der Waals surface area contributed by atoms with Crippen LogP contribution in [0.2, 0.25) is 5.02 Å². The Bertz CT molecular complexity index is 380. The Morgan fingerprint density at radius 3 is 2.67 bits per heavy atom. The normalized spacial score (nSPS) is 11.6. The maximum absolute atomic E-state index is 6.16. The maximum Gasteiger partial charge on any atom is 0.142 e. The summed E-state index contributed by atoms with van der Waals surface area (Å²) in [5, 5.41) is 3.76. The van der Waals surface area contributed by atoms with Crippen LogP contribution in [0.1, 0.15) is 25.8 Å². The van der Waals surface area contributed by atoms with Crippen LogP contribution in [0.5, 0.6) is 5.75 Å². The molecule has 0 aliphatic carbocycles. The highest BCUT2D eigenvalue weighted by Gasteiger charge is 2.17. The average Bonchev–Trinajstić information content (AvgIpc) is 2.33. The van der Waals surface area contributed by atoms with Crippen LogP contribution >= 0.6 is 11.6 Å². The van der Waals surface area contributed by atoms with Crippen molar-refractivity contribution in [2.75, 3.05) is 20.8 Å². The van der Waals surface area contributed by atoms with Crippen LogP contribution < -0.4 is 10.1 Å². The first-order valence-electron chi connectivity index (χ1n) is 6.10. The zero-order chi connectivity index (χ0) is 13.6. The van der Waals surface area contributed by atoms with Gasteiger partial charge in [0, 0.05) is 25.6 Å². The van der Waals surface area contributed by atoms with Gasteiger partial charge in [-0.15, -0.1) is 0 Å². The molecule has 0 heterocycles. The molecule has 18 heavy (non-hydrogen) atoms. The first-order valence-corrected chi connectivity index (χ1v) is 6.48. The van der Waals surface area contributed by atoms with Crippen molar-refractivity contribution in [3.8, 4) is 5.75 Å². The van der Waals surface area contributed by atoms with Crippen LogP contribution in [-0.2, 0) is 11.3 Å². The second-order valence-electron chi connectivity index (χ2n) is 4.82. The van der Waals surface area contributed by atoms with E-state index in [1.165, 1.54) is 0 Å². The molecular formula is C14H22ClNO2. The standard InChI is InChI=1S/C14H22ClNO2/c1-14(2,17-4)8-9-18-13-11(10-16-3)6-5-7-12(13)15/h5-7,16H,8-10H2,1-4H3. The highest BCUT2D eigenvalue weighted by Crippen LogP contribution is 2.29. The van der Waals surface area contributed by atoms with Gasteiger partial charge < -0.3 is 14.8 Å². The number of rotatable bonds is 7. The highest BCUT2D eigenvalue weighted by molar-refractivity contribution is 6.32. The van der Waals surface area contributed by atoms with Gasteiger partial charge in [-0.25, -0.2) is 0 Å². The number of ether oxygens (including phenoxy) is 2. The van der Waals surface area contributed by atoms with Crippen molar-refractivity contribution >= 4 is 11.6 Å². The third-order valence-corrected chi connectivity index (χ3v) is 3.22. The molecule has 1 rings (SSSR count). The van der Waals surface area contributed by atoms with Gasteiger partial charge in [-0.1, -0.05) is 23.7 Å². The van der Waals surface area contributed by atoms with E-state index in [1.807, 2.05) is 39.1 Å². The van der Waals surface area contributed by atoms with Gasteiger partial charge in [0.15, 0.2) is 0 Å². The predicted molar refractivity (Wildman–Crippen MR) is 75.4 cm³/mol. The zero-order valence-corrected chi connectivity index (χ0v) is 12.3. The summed E-state index contributed by atoms with van der Waals surface area (Å²) in [4.78, 5) is 0. The molecule has 0 radical (unpaired) electrons. The molecule has 1 N–H and O–H groups in total. The lowest BCUT2D eigenvalue weighted by molar-refractivity contribution is 0.00538. The van der Waals surface area contributed by atoms with Gasteiger partial charge in [0.25, 0.3) is 0 Å². The molecule has 4 heteroatoms. The summed E-state index contributed by atoms with van der Waals surface area (Å²) in [6, 6.07) is 5.79. The second kappa shape index (κ2) is 6.98. The monoisotopic (exact) mass is 271 g/mol. The van der Waals surface area contributed by atoms with Crippen LogP contribution in [0.25, 0.3) is 0 Å². The lowest BCUT2D eigenvalue weighted by Gasteiger charge is -2.23. The molecule has 1 aromatic carbocycles. The Morgan fingerprint density at radius 1 is 1.33 bits per heavy atom. The number of nitrogens with one attached hydrogen (secondary N) is 1. The third kappa shape index (κ3) is 4.48. The van der Waals surface area contributed by atoms with Gasteiger partial charge in [0.05, 0.1) is 17.2 Å². The molecule has 3 nitrogen and oxygen atoms in total. The fourth-order valence-electron chi connectivity index (χ4n) is 1.55. The van der Waals surface area contributed by atoms with Gasteiger partial charge >= 0.3 is 0 Å². The third-order valence-electron chi connectivity index (χ3n) is 2.92. The Kier molecular flexibility index (Phi) is 5.93. The minimum Gasteiger partial charge on any atom is -0.492 e. The first-order chi connectivity index (χ1) is 8.50. The molecule has 0 amide bonds. The van der Waals surface area contributed by atoms with Crippen molar-refractivity contribution < 1.29 is 9.47 Å². The molecule has 0 atom stereocenters. The molecule has 0 aliphatic rings. The number of benzene rings is 1. The highest BCUT2D eigenvalue weighted by atomic mass is 35.5. The maximum atomic E-state index is 6.16. The topological polar surface area (TPSA) is 30.5 Å². The average molecular weight is 272 g/mol. The summed E-state index contributed by atoms with van der Waals surface area (Å²) in [5.41, 5.74) is 0.893. The van der Waals surface area contributed by atoms with Crippen LogP contribution in [-0.4, -0.2) is 26.4 Å². The van der Waals surface area contributed by atoms with Crippen LogP contribution in [0.3, 0.4) is 0 Å². The molecule has 0 spiro atoms. The van der Waals surface area contributed by atoms with E-state index >= 15 is 0 Å². The number of hydrogen-bond donors (Lipinski definition) is 1. The van der Waals surface area contributed by atoms with E-state index in [2.05, 4.69) is 5.32 Å². The molecule has 0 aliphatic heterocycles. The van der Waals surface area contributed by atoms with Crippen LogP contribution in [0.15, 0.2) is 18.2 Å². The predicted octanol–water partition coefficient (Wildman–Crippen LogP) is 3.25. The molecular weight excluding hydrogens is 250 g/mol. The van der Waals surface area contributed by atoms with Crippen LogP contribution in [0.4, 0.5) is 0 Å². The molecule has 1 aromatic rings. The quantitative estimate of drug-likeness (QED) is 0.826. The van der Waals surface area contributed by atoms with Crippen molar-refractivity contribution in [2.24, 2.45) is 0 Å². The molecule has 102 valence electrons. The van der Waals surface area contributed by atoms with Crippen molar-refractivity contribution in [3.63, 3.8) is 0 Å². The largest absolute Gasteiger partial charge is 0.492 e. The van der Waals surface area contributed by atoms with E-state index in [-0.39, 0.29) is 5.60 Å². The van der Waals surface area contributed by atoms with E-state index in [0.29, 0.717) is 11.6 Å². The summed E-state index contributed by atoms with van der Waals surface area (Å²) in [7, 11) is 3.61. The first kappa shape index (κ1) is 15.3. The number of para-hydroxylation sites is 1. The molecule has 0 saturated heterocycles. The number of hydrogen-bond acceptors (Lipinski definition) is 3. The van der Waals surface area contributed by atoms with Gasteiger partial charge in [0.1, 0.15) is 5.75 Å².